The van der Waals surface area contributed by atoms with Crippen LogP contribution in [0.1, 0.15) is 50.5 Å². The number of alkyl halides is 9. The van der Waals surface area contributed by atoms with Crippen molar-refractivity contribution in [2.24, 2.45) is 20.4 Å². The average molecular weight is 1890 g/mol. The van der Waals surface area contributed by atoms with Crippen molar-refractivity contribution in [3.8, 4) is 33.8 Å². The number of aromatic nitrogens is 9. The van der Waals surface area contributed by atoms with Gasteiger partial charge in [0.15, 0.2) is 46.5 Å². The Morgan fingerprint density at radius 3 is 1.27 bits per heavy atom. The Morgan fingerprint density at radius 1 is 0.394 bits per heavy atom. The van der Waals surface area contributed by atoms with Crippen LogP contribution in [-0.4, -0.2) is 271 Å². The van der Waals surface area contributed by atoms with Crippen molar-refractivity contribution in [2.75, 3.05) is 213 Å². The van der Waals surface area contributed by atoms with Gasteiger partial charge in [0, 0.05) is 135 Å². The number of halogens is 15. The summed E-state index contributed by atoms with van der Waals surface area (Å²) in [7, 11) is 4.15. The van der Waals surface area contributed by atoms with E-state index in [0.717, 1.165) is 118 Å². The molecule has 0 saturated carbocycles. The maximum Gasteiger partial charge on any atom is 0.433 e. The molecule has 4 aromatic carbocycles. The number of hydrogen-bond acceptors (Lipinski definition) is 31. The summed E-state index contributed by atoms with van der Waals surface area (Å²) in [5, 5.41) is 37.0. The molecule has 10 aromatic rings. The van der Waals surface area contributed by atoms with E-state index in [1.54, 1.807) is 26.8 Å². The number of phenolic OH excluding ortho intramolecular Hbond substituents is 2. The molecule has 0 aliphatic carbocycles. The second-order valence-corrected chi connectivity index (χ2v) is 31.2. The fourth-order valence-electron chi connectivity index (χ4n) is 14.0. The number of rotatable bonds is 22. The van der Waals surface area contributed by atoms with Crippen molar-refractivity contribution in [3.05, 3.63) is 218 Å². The molecule has 0 spiro atoms. The second-order valence-electron chi connectivity index (χ2n) is 30.4. The Morgan fingerprint density at radius 2 is 0.818 bits per heavy atom. The van der Waals surface area contributed by atoms with Gasteiger partial charge >= 0.3 is 18.5 Å². The first-order chi connectivity index (χ1) is 63.4. The minimum Gasteiger partial charge on any atom is -0.506 e. The number of anilines is 8. The van der Waals surface area contributed by atoms with Crippen LogP contribution >= 0.6 is 23.2 Å². The highest BCUT2D eigenvalue weighted by Gasteiger charge is 2.36. The van der Waals surface area contributed by atoms with Crippen molar-refractivity contribution in [1.29, 1.82) is 0 Å². The molecule has 700 valence electrons. The summed E-state index contributed by atoms with van der Waals surface area (Å²) < 4.78 is 196. The minimum atomic E-state index is -4.55. The summed E-state index contributed by atoms with van der Waals surface area (Å²) in [5.41, 5.74) is 12.4. The van der Waals surface area contributed by atoms with Crippen molar-refractivity contribution in [2.45, 2.75) is 31.6 Å². The Kier molecular flexibility index (Phi) is 33.6. The van der Waals surface area contributed by atoms with E-state index >= 15 is 0 Å². The standard InChI is InChI=1S/C28H30ClF4N7O2.C28H32ClFN6O2.2C15H14F4N6O/c1-38-4-6-39(7-5-38)17-19-3-2-18(13-22(19)28(31,32)33)20-12-21(25(41)23(29)14-20)15-35-37-27-34-16-24(30)26(36-27)40-8-10-42-11-9-40;1-34-8-10-35(11-9-34)19-20-2-4-21(5-3-20)22-16-23(27(37)24(29)17-22)18-31-33-26-7-6-25(30)28(32-26)36-12-14-38-15-13-36;16-12-9-21-14(23-13(12)25-3-5-26-6-4-25)24-22-8-11-7-10(1-2-20-11)15(17,18)19;16-11-9-20-14(23-13(11)25-4-6-26-7-5-25)24-21-8-10-2-1-3-12(22-10)15(17,18)19/h2-3,12-16,41H,4-11,17H2,1H3,(H,34,36,37);2-7,16-18,37H,8-15,19H2,1H3,(H,32,33);1-2,7-9H,3-6H2,(H,21,23,24);1-3,8-9H,4-7H2,(H,20,23,24)/b35-15+;31-18+;22-8-;21-8-. The molecule has 12 heterocycles. The highest BCUT2D eigenvalue weighted by Crippen LogP contribution is 2.40. The number of pyridine rings is 3. The van der Waals surface area contributed by atoms with Crippen LogP contribution in [0.15, 0.2) is 154 Å². The quantitative estimate of drug-likeness (QED) is 0.0209. The van der Waals surface area contributed by atoms with Crippen molar-refractivity contribution in [1.82, 2.24) is 64.5 Å². The third-order valence-corrected chi connectivity index (χ3v) is 21.7. The van der Waals surface area contributed by atoms with Crippen LogP contribution in [0.4, 0.5) is 104 Å². The summed E-state index contributed by atoms with van der Waals surface area (Å²) in [5.74, 6) is -1.50. The summed E-state index contributed by atoms with van der Waals surface area (Å²) in [6.45, 7) is 16.3. The van der Waals surface area contributed by atoms with E-state index in [9.17, 15) is 67.3 Å². The monoisotopic (exact) mass is 1890 g/mol. The van der Waals surface area contributed by atoms with Gasteiger partial charge in [0.05, 0.1) is 129 Å². The molecule has 132 heavy (non-hydrogen) atoms. The van der Waals surface area contributed by atoms with Gasteiger partial charge in [0.25, 0.3) is 0 Å². The molecule has 46 heteroatoms. The molecule has 6 aliphatic rings. The van der Waals surface area contributed by atoms with Gasteiger partial charge < -0.3 is 58.6 Å². The highest BCUT2D eigenvalue weighted by atomic mass is 35.5. The van der Waals surface area contributed by atoms with Crippen LogP contribution in [-0.2, 0) is 50.6 Å². The molecule has 6 fully saturated rings. The van der Waals surface area contributed by atoms with Gasteiger partial charge in [-0.05, 0) is 114 Å². The zero-order chi connectivity index (χ0) is 93.5. The fraction of sp³-hybridized carbons (Fsp3) is 0.360. The maximum atomic E-state index is 14.3. The van der Waals surface area contributed by atoms with Crippen molar-refractivity contribution < 1.29 is 86.2 Å². The van der Waals surface area contributed by atoms with Gasteiger partial charge in [-0.1, -0.05) is 65.7 Å². The zero-order valence-corrected chi connectivity index (χ0v) is 72.5. The highest BCUT2D eigenvalue weighted by molar-refractivity contribution is 6.33. The summed E-state index contributed by atoms with van der Waals surface area (Å²) in [6, 6.07) is 27.1. The van der Waals surface area contributed by atoms with E-state index in [4.69, 9.17) is 42.1 Å². The third-order valence-electron chi connectivity index (χ3n) is 21.1. The number of nitrogens with zero attached hydrogens (tertiary/aromatic N) is 21. The van der Waals surface area contributed by atoms with Crippen molar-refractivity contribution >= 4 is 95.0 Å². The molecule has 6 N–H and O–H groups in total. The normalized spacial score (nSPS) is 16.6. The van der Waals surface area contributed by atoms with E-state index in [2.05, 4.69) is 133 Å². The number of phenols is 2. The lowest BCUT2D eigenvalue weighted by molar-refractivity contribution is -0.141. The lowest BCUT2D eigenvalue weighted by Gasteiger charge is -2.33. The Balaban J connectivity index is 0.000000153. The molecule has 0 unspecified atom stereocenters. The lowest BCUT2D eigenvalue weighted by Crippen LogP contribution is -2.44. The Labute approximate surface area is 758 Å². The second kappa shape index (κ2) is 45.6. The van der Waals surface area contributed by atoms with E-state index in [-0.39, 0.29) is 97.3 Å². The summed E-state index contributed by atoms with van der Waals surface area (Å²) >= 11 is 12.6. The van der Waals surface area contributed by atoms with Crippen LogP contribution in [0.2, 0.25) is 10.0 Å². The van der Waals surface area contributed by atoms with E-state index < -0.39 is 58.6 Å². The lowest BCUT2D eigenvalue weighted by atomic mass is 9.97. The number of benzene rings is 4. The first-order valence-electron chi connectivity index (χ1n) is 41.4. The van der Waals surface area contributed by atoms with Crippen LogP contribution in [0.3, 0.4) is 0 Å². The molecular weight excluding hydrogens is 1800 g/mol. The van der Waals surface area contributed by atoms with Gasteiger partial charge in [-0.3, -0.25) is 20.2 Å². The SMILES string of the molecule is CN1CCN(Cc2ccc(-c3cc(Cl)c(O)c(/C=N/Nc4ccc(F)c(N5CCOCC5)n4)c3)cc2)CC1.CN1CCN(Cc2ccc(-c3cc(Cl)c(O)c(/C=N/Nc4ncc(F)c(N5CCOCC5)n4)c3)cc2C(F)(F)F)CC1.Fc1cnc(N/N=C\c2cc(C(F)(F)F)ccn2)nc1N1CCOCC1.Fc1cnc(N/N=C\c2cccc(C(F)(F)F)n2)nc1N1CCOCC1. The molecule has 6 aliphatic heterocycles. The average Bonchev–Trinajstić information content (AvgIpc) is 0.782. The van der Waals surface area contributed by atoms with Gasteiger partial charge in [-0.25, -0.2) is 58.8 Å². The molecule has 0 bridgehead atoms. The molecule has 0 atom stereocenters. The first kappa shape index (κ1) is 97.1. The summed E-state index contributed by atoms with van der Waals surface area (Å²) in [6.07, 6.45) is -4.60. The Bertz CT molecular complexity index is 5510. The van der Waals surface area contributed by atoms with E-state index in [1.165, 1.54) is 60.5 Å². The summed E-state index contributed by atoms with van der Waals surface area (Å²) in [4.78, 5) is 51.2. The predicted octanol–water partition coefficient (Wildman–Crippen LogP) is 13.6. The van der Waals surface area contributed by atoms with E-state index in [1.807, 2.05) is 22.9 Å². The number of hydrazone groups is 4. The zero-order valence-electron chi connectivity index (χ0n) is 71.0. The van der Waals surface area contributed by atoms with Gasteiger partial charge in [0.1, 0.15) is 23.0 Å². The van der Waals surface area contributed by atoms with Crippen LogP contribution in [0.25, 0.3) is 22.3 Å². The maximum absolute atomic E-state index is 14.3. The Hall–Kier alpha value is -12.4. The molecule has 0 radical (unpaired) electrons. The third kappa shape index (κ3) is 27.6. The molecule has 6 saturated heterocycles. The first-order valence-corrected chi connectivity index (χ1v) is 42.1. The van der Waals surface area contributed by atoms with Crippen molar-refractivity contribution in [3.63, 3.8) is 0 Å². The van der Waals surface area contributed by atoms with Crippen LogP contribution < -0.4 is 41.3 Å². The topological polar surface area (TPSA) is 317 Å². The number of morpholine rings is 4. The molecule has 6 aromatic heterocycles. The number of nitrogens with one attached hydrogen (secondary N) is 4. The van der Waals surface area contributed by atoms with Gasteiger partial charge in [0.2, 0.25) is 17.8 Å². The number of aromatic hydroxyl groups is 2. The molecule has 16 rings (SSSR count). The van der Waals surface area contributed by atoms with Gasteiger partial charge in [-0.2, -0.15) is 74.9 Å². The smallest absolute Gasteiger partial charge is 0.433 e. The molecular formula is C86H90Cl2F13N25O6. The number of hydrogen-bond donors (Lipinski definition) is 6. The molecule has 31 nitrogen and oxygen atoms in total. The molecule has 0 amide bonds. The number of likely N-dealkylation sites (N-methyl/N-ethyl adjacent to an activating group) is 2. The van der Waals surface area contributed by atoms with Crippen LogP contribution in [0, 0.1) is 23.3 Å². The fourth-order valence-corrected chi connectivity index (χ4v) is 14.4. The minimum absolute atomic E-state index is 0.00263. The van der Waals surface area contributed by atoms with Gasteiger partial charge in [-0.15, -0.1) is 0 Å². The van der Waals surface area contributed by atoms with Crippen LogP contribution in [0.5, 0.6) is 11.5 Å². The largest absolute Gasteiger partial charge is 0.506 e. The number of piperazine rings is 2. The number of ether oxygens (including phenoxy) is 4. The van der Waals surface area contributed by atoms with E-state index in [0.29, 0.717) is 135 Å². The predicted molar refractivity (Wildman–Crippen MR) is 473 cm³/mol.